The third kappa shape index (κ3) is 4.47. The van der Waals surface area contributed by atoms with Crippen molar-refractivity contribution in [2.75, 3.05) is 11.9 Å². The highest BCUT2D eigenvalue weighted by atomic mass is 35.5. The fourth-order valence-electron chi connectivity index (χ4n) is 2.26. The van der Waals surface area contributed by atoms with Crippen LogP contribution >= 0.6 is 22.9 Å². The summed E-state index contributed by atoms with van der Waals surface area (Å²) in [5.41, 5.74) is 1.39. The zero-order valence-electron chi connectivity index (χ0n) is 13.9. The number of ether oxygens (including phenoxy) is 1. The predicted molar refractivity (Wildman–Crippen MR) is 103 cm³/mol. The van der Waals surface area contributed by atoms with Gasteiger partial charge >= 0.3 is 0 Å². The van der Waals surface area contributed by atoms with Crippen LogP contribution in [0.25, 0.3) is 11.3 Å². The van der Waals surface area contributed by atoms with Crippen LogP contribution < -0.4 is 10.1 Å². The molecule has 1 amide bonds. The van der Waals surface area contributed by atoms with Crippen LogP contribution in [0.15, 0.2) is 54.6 Å². The zero-order chi connectivity index (χ0) is 18.5. The highest BCUT2D eigenvalue weighted by molar-refractivity contribution is 7.18. The quantitative estimate of drug-likeness (QED) is 0.624. The summed E-state index contributed by atoms with van der Waals surface area (Å²) >= 11 is 7.02. The number of carbonyl (C=O) groups is 2. The number of aromatic nitrogens is 1. The van der Waals surface area contributed by atoms with Crippen LogP contribution in [-0.2, 0) is 4.79 Å². The van der Waals surface area contributed by atoms with E-state index in [9.17, 15) is 9.59 Å². The van der Waals surface area contributed by atoms with Crippen molar-refractivity contribution < 1.29 is 14.3 Å². The van der Waals surface area contributed by atoms with Gasteiger partial charge in [-0.2, -0.15) is 0 Å². The summed E-state index contributed by atoms with van der Waals surface area (Å²) in [5, 5.41) is 3.55. The van der Waals surface area contributed by atoms with Gasteiger partial charge in [-0.25, -0.2) is 4.98 Å². The molecule has 2 aromatic carbocycles. The Kier molecular flexibility index (Phi) is 5.65. The van der Waals surface area contributed by atoms with Crippen LogP contribution in [0.5, 0.6) is 5.75 Å². The summed E-state index contributed by atoms with van der Waals surface area (Å²) in [7, 11) is 0. The molecule has 0 aliphatic heterocycles. The minimum Gasteiger partial charge on any atom is -0.484 e. The van der Waals surface area contributed by atoms with Crippen LogP contribution in [0, 0.1) is 0 Å². The lowest BCUT2D eigenvalue weighted by atomic mass is 10.1. The second-order valence-corrected chi connectivity index (χ2v) is 6.85. The van der Waals surface area contributed by atoms with Crippen LogP contribution in [0.4, 0.5) is 5.13 Å². The molecule has 7 heteroatoms. The number of benzene rings is 2. The van der Waals surface area contributed by atoms with Crippen molar-refractivity contribution in [2.45, 2.75) is 6.92 Å². The molecule has 0 fully saturated rings. The molecule has 0 radical (unpaired) electrons. The topological polar surface area (TPSA) is 68.3 Å². The third-order valence-corrected chi connectivity index (χ3v) is 4.71. The molecule has 0 saturated carbocycles. The lowest BCUT2D eigenvalue weighted by molar-refractivity contribution is -0.118. The number of thiazole rings is 1. The number of amides is 1. The van der Waals surface area contributed by atoms with Gasteiger partial charge in [0.1, 0.15) is 5.75 Å². The van der Waals surface area contributed by atoms with Gasteiger partial charge in [0.15, 0.2) is 17.5 Å². The Balaban J connectivity index is 1.71. The van der Waals surface area contributed by atoms with Gasteiger partial charge in [0.2, 0.25) is 0 Å². The smallest absolute Gasteiger partial charge is 0.264 e. The summed E-state index contributed by atoms with van der Waals surface area (Å²) < 4.78 is 5.40. The van der Waals surface area contributed by atoms with E-state index < -0.39 is 0 Å². The monoisotopic (exact) mass is 386 g/mol. The van der Waals surface area contributed by atoms with Gasteiger partial charge in [0.05, 0.1) is 10.6 Å². The van der Waals surface area contributed by atoms with Crippen LogP contribution in [0.2, 0.25) is 5.02 Å². The minimum atomic E-state index is -0.367. The molecule has 1 N–H and O–H groups in total. The first-order chi connectivity index (χ1) is 12.5. The summed E-state index contributed by atoms with van der Waals surface area (Å²) in [6.07, 6.45) is 0. The SMILES string of the molecule is CC(=O)c1sc(NC(=O)COc2cccc(Cl)c2)nc1-c1ccccc1. The fraction of sp³-hybridized carbons (Fsp3) is 0.105. The molecule has 3 rings (SSSR count). The molecule has 26 heavy (non-hydrogen) atoms. The van der Waals surface area contributed by atoms with E-state index in [-0.39, 0.29) is 18.3 Å². The van der Waals surface area contributed by atoms with E-state index in [1.807, 2.05) is 30.3 Å². The Morgan fingerprint density at radius 3 is 2.62 bits per heavy atom. The van der Waals surface area contributed by atoms with Crippen LogP contribution in [0.3, 0.4) is 0 Å². The maximum atomic E-state index is 12.1. The first-order valence-electron chi connectivity index (χ1n) is 7.78. The first kappa shape index (κ1) is 18.1. The molecular weight excluding hydrogens is 372 g/mol. The molecule has 0 aliphatic carbocycles. The van der Waals surface area contributed by atoms with E-state index in [4.69, 9.17) is 16.3 Å². The van der Waals surface area contributed by atoms with Gasteiger partial charge < -0.3 is 4.74 Å². The molecule has 132 valence electrons. The van der Waals surface area contributed by atoms with Crippen molar-refractivity contribution in [3.63, 3.8) is 0 Å². The van der Waals surface area contributed by atoms with Crippen molar-refractivity contribution in [2.24, 2.45) is 0 Å². The van der Waals surface area contributed by atoms with Gasteiger partial charge in [-0.1, -0.05) is 59.3 Å². The van der Waals surface area contributed by atoms with Crippen molar-refractivity contribution in [1.82, 2.24) is 4.98 Å². The number of halogens is 1. The minimum absolute atomic E-state index is 0.1000. The highest BCUT2D eigenvalue weighted by Crippen LogP contribution is 2.31. The average molecular weight is 387 g/mol. The van der Waals surface area contributed by atoms with Gasteiger partial charge in [-0.05, 0) is 18.2 Å². The summed E-state index contributed by atoms with van der Waals surface area (Å²) in [4.78, 5) is 28.9. The van der Waals surface area contributed by atoms with Crippen molar-refractivity contribution >= 4 is 39.8 Å². The second-order valence-electron chi connectivity index (χ2n) is 5.41. The molecule has 5 nitrogen and oxygen atoms in total. The number of carbonyl (C=O) groups excluding carboxylic acids is 2. The average Bonchev–Trinajstić information content (AvgIpc) is 3.05. The Hall–Kier alpha value is -2.70. The zero-order valence-corrected chi connectivity index (χ0v) is 15.4. The van der Waals surface area contributed by atoms with Crippen LogP contribution in [0.1, 0.15) is 16.6 Å². The normalized spacial score (nSPS) is 10.4. The van der Waals surface area contributed by atoms with Gasteiger partial charge in [0, 0.05) is 17.5 Å². The third-order valence-electron chi connectivity index (χ3n) is 3.41. The molecule has 0 saturated heterocycles. The number of anilines is 1. The molecule has 1 aromatic heterocycles. The lowest BCUT2D eigenvalue weighted by Gasteiger charge is -2.05. The summed E-state index contributed by atoms with van der Waals surface area (Å²) in [5.74, 6) is 0.0339. The molecule has 0 atom stereocenters. The number of nitrogens with one attached hydrogen (secondary N) is 1. The van der Waals surface area contributed by atoms with E-state index in [1.165, 1.54) is 6.92 Å². The van der Waals surface area contributed by atoms with Gasteiger partial charge in [-0.15, -0.1) is 0 Å². The molecule has 0 unspecified atom stereocenters. The van der Waals surface area contributed by atoms with E-state index in [0.29, 0.717) is 26.5 Å². The van der Waals surface area contributed by atoms with Crippen LogP contribution in [-0.4, -0.2) is 23.3 Å². The standard InChI is InChI=1S/C19H15ClN2O3S/c1-12(23)18-17(13-6-3-2-4-7-13)22-19(26-18)21-16(24)11-25-15-9-5-8-14(20)10-15/h2-10H,11H2,1H3,(H,21,22,24). The van der Waals surface area contributed by atoms with E-state index in [1.54, 1.807) is 24.3 Å². The predicted octanol–water partition coefficient (Wildman–Crippen LogP) is 4.68. The van der Waals surface area contributed by atoms with Gasteiger partial charge in [0.25, 0.3) is 5.91 Å². The maximum Gasteiger partial charge on any atom is 0.264 e. The Bertz CT molecular complexity index is 941. The largest absolute Gasteiger partial charge is 0.484 e. The number of hydrogen-bond donors (Lipinski definition) is 1. The number of rotatable bonds is 6. The van der Waals surface area contributed by atoms with Crippen molar-refractivity contribution in [3.05, 3.63) is 64.5 Å². The first-order valence-corrected chi connectivity index (χ1v) is 8.98. The lowest BCUT2D eigenvalue weighted by Crippen LogP contribution is -2.20. The van der Waals surface area contributed by atoms with E-state index in [0.717, 1.165) is 16.9 Å². The molecule has 1 heterocycles. The molecule has 0 spiro atoms. The Labute approximate surface area is 159 Å². The summed E-state index contributed by atoms with van der Waals surface area (Å²) in [6.45, 7) is 1.30. The number of nitrogens with zero attached hydrogens (tertiary/aromatic N) is 1. The molecular formula is C19H15ClN2O3S. The molecule has 0 bridgehead atoms. The Morgan fingerprint density at radius 2 is 1.92 bits per heavy atom. The van der Waals surface area contributed by atoms with E-state index >= 15 is 0 Å². The number of Topliss-reactive ketones (excluding diaryl/α,β-unsaturated/α-hetero) is 1. The van der Waals surface area contributed by atoms with Gasteiger partial charge in [-0.3, -0.25) is 14.9 Å². The fourth-order valence-corrected chi connectivity index (χ4v) is 3.34. The highest BCUT2D eigenvalue weighted by Gasteiger charge is 2.18. The number of ketones is 1. The second kappa shape index (κ2) is 8.12. The van der Waals surface area contributed by atoms with Crippen molar-refractivity contribution in [3.8, 4) is 17.0 Å². The molecule has 0 aliphatic rings. The van der Waals surface area contributed by atoms with Crippen molar-refractivity contribution in [1.29, 1.82) is 0 Å². The maximum absolute atomic E-state index is 12.1. The number of hydrogen-bond acceptors (Lipinski definition) is 5. The Morgan fingerprint density at radius 1 is 1.15 bits per heavy atom. The summed E-state index contributed by atoms with van der Waals surface area (Å²) in [6, 6.07) is 16.2. The van der Waals surface area contributed by atoms with E-state index in [2.05, 4.69) is 10.3 Å². The molecule has 3 aromatic rings.